The van der Waals surface area contributed by atoms with Crippen LogP contribution in [0, 0.1) is 17.8 Å². The molecule has 0 aromatic heterocycles. The van der Waals surface area contributed by atoms with Crippen molar-refractivity contribution in [2.75, 3.05) is 20.7 Å². The lowest BCUT2D eigenvalue weighted by Gasteiger charge is -2.50. The minimum atomic E-state index is -2.01. The number of likely N-dealkylation sites (tertiary alicyclic amines) is 2. The minimum Gasteiger partial charge on any atom is -0.508 e. The van der Waals surface area contributed by atoms with E-state index in [1.54, 1.807) is 6.08 Å². The van der Waals surface area contributed by atoms with E-state index in [0.717, 1.165) is 9.80 Å². The topological polar surface area (TPSA) is 142 Å². The Balaban J connectivity index is 1.64. The maximum atomic E-state index is 13.6. The lowest BCUT2D eigenvalue weighted by atomic mass is 9.56. The summed E-state index contributed by atoms with van der Waals surface area (Å²) in [5, 5.41) is 19.9. The van der Waals surface area contributed by atoms with E-state index in [4.69, 9.17) is 33.0 Å². The van der Waals surface area contributed by atoms with Crippen LogP contribution in [0.2, 0.25) is 0 Å². The zero-order valence-corrected chi connectivity index (χ0v) is 22.2. The molecule has 0 unspecified atom stereocenters. The van der Waals surface area contributed by atoms with Gasteiger partial charge >= 0.3 is 5.97 Å². The fourth-order valence-corrected chi connectivity index (χ4v) is 7.67. The number of phenolic OH excluding ortho intramolecular Hbond substituents is 1. The van der Waals surface area contributed by atoms with Gasteiger partial charge in [0.1, 0.15) is 11.5 Å². The second-order valence-corrected chi connectivity index (χ2v) is 11.5. The number of carbonyl (C=O) groups excluding carboxylic acids is 4. The van der Waals surface area contributed by atoms with Gasteiger partial charge in [0, 0.05) is 31.5 Å². The van der Waals surface area contributed by atoms with Crippen LogP contribution in [-0.4, -0.2) is 80.1 Å². The van der Waals surface area contributed by atoms with Gasteiger partial charge in [-0.3, -0.25) is 33.8 Å². The molecule has 3 fully saturated rings. The number of rotatable bonds is 6. The van der Waals surface area contributed by atoms with E-state index in [1.165, 1.54) is 32.4 Å². The molecule has 5 rings (SSSR count). The number of hydrogen-bond donors (Lipinski definition) is 2. The molecule has 12 heteroatoms. The molecule has 2 aliphatic carbocycles. The molecule has 0 bridgehead atoms. The Bertz CT molecular complexity index is 1310. The summed E-state index contributed by atoms with van der Waals surface area (Å²) in [7, 11) is 2.72. The molecule has 0 spiro atoms. The maximum absolute atomic E-state index is 13.6. The molecule has 1 aromatic rings. The number of phenols is 1. The zero-order chi connectivity index (χ0) is 27.7. The van der Waals surface area contributed by atoms with Crippen LogP contribution in [0.1, 0.15) is 37.2 Å². The molecule has 202 valence electrons. The first-order valence-corrected chi connectivity index (χ1v) is 13.0. The predicted octanol–water partition coefficient (Wildman–Crippen LogP) is 2.25. The number of allylic oxidation sites excluding steroid dienone is 2. The highest BCUT2D eigenvalue weighted by atomic mass is 35.5. The first-order valence-electron chi connectivity index (χ1n) is 12.2. The van der Waals surface area contributed by atoms with Crippen LogP contribution in [0.3, 0.4) is 0 Å². The first-order chi connectivity index (χ1) is 17.9. The molecular formula is C26H26Cl2N2O8. The van der Waals surface area contributed by atoms with E-state index in [1.807, 2.05) is 0 Å². The second kappa shape index (κ2) is 8.98. The van der Waals surface area contributed by atoms with Crippen molar-refractivity contribution in [2.24, 2.45) is 17.8 Å². The minimum absolute atomic E-state index is 0.0370. The van der Waals surface area contributed by atoms with E-state index < -0.39 is 63.0 Å². The van der Waals surface area contributed by atoms with Crippen molar-refractivity contribution in [3.8, 4) is 11.5 Å². The number of alkyl halides is 2. The highest BCUT2D eigenvalue weighted by molar-refractivity contribution is 6.53. The third kappa shape index (κ3) is 3.42. The molecule has 0 radical (unpaired) electrons. The Hall–Kier alpha value is -3.11. The van der Waals surface area contributed by atoms with Crippen molar-refractivity contribution in [2.45, 2.75) is 41.3 Å². The third-order valence-corrected chi connectivity index (χ3v) is 9.84. The molecule has 1 aromatic carbocycles. The van der Waals surface area contributed by atoms with E-state index >= 15 is 0 Å². The van der Waals surface area contributed by atoms with Gasteiger partial charge in [-0.1, -0.05) is 11.6 Å². The fraction of sp³-hybridized carbons (Fsp3) is 0.500. The number of ether oxygens (including phenoxy) is 1. The molecule has 4 aliphatic rings. The fourth-order valence-electron chi connectivity index (χ4n) is 6.65. The Morgan fingerprint density at radius 1 is 1.13 bits per heavy atom. The van der Waals surface area contributed by atoms with Crippen molar-refractivity contribution >= 4 is 52.8 Å². The number of nitrogens with zero attached hydrogens (tertiary/aromatic N) is 2. The lowest BCUT2D eigenvalue weighted by Crippen LogP contribution is -2.60. The van der Waals surface area contributed by atoms with Crippen LogP contribution >= 0.6 is 23.2 Å². The van der Waals surface area contributed by atoms with Crippen LogP contribution in [-0.2, 0) is 24.0 Å². The number of benzene rings is 1. The number of aliphatic carboxylic acids is 1. The van der Waals surface area contributed by atoms with Gasteiger partial charge < -0.3 is 14.9 Å². The van der Waals surface area contributed by atoms with Gasteiger partial charge in [-0.05, 0) is 43.4 Å². The highest BCUT2D eigenvalue weighted by Crippen LogP contribution is 2.66. The standard InChI is InChI=1S/C26H26Cl2N2O8/c1-29-23(36)25(27)11-16-13(6-7-14-19(16)22(35)30(21(14)34)9-3-4-18(32)33)20(26(25,28)24(29)37)15-10-12(38-2)5-8-17(15)31/h5-6,8,10,14,16,19-20,31H,3-4,7,9,11H2,1-2H3,(H,32,33)/t14-,16+,19-,20+,25+,26-/m0/s1. The summed E-state index contributed by atoms with van der Waals surface area (Å²) in [6.45, 7) is -0.0370. The van der Waals surface area contributed by atoms with E-state index in [9.17, 15) is 29.1 Å². The van der Waals surface area contributed by atoms with Gasteiger partial charge in [-0.25, -0.2) is 0 Å². The molecule has 38 heavy (non-hydrogen) atoms. The van der Waals surface area contributed by atoms with E-state index in [2.05, 4.69) is 0 Å². The quantitative estimate of drug-likeness (QED) is 0.304. The Morgan fingerprint density at radius 3 is 2.50 bits per heavy atom. The molecule has 2 N–H and O–H groups in total. The molecule has 4 amide bonds. The summed E-state index contributed by atoms with van der Waals surface area (Å²) < 4.78 is 5.33. The van der Waals surface area contributed by atoms with Crippen LogP contribution in [0.4, 0.5) is 0 Å². The van der Waals surface area contributed by atoms with Gasteiger partial charge in [-0.2, -0.15) is 0 Å². The zero-order valence-electron chi connectivity index (χ0n) is 20.6. The molecule has 2 saturated heterocycles. The number of aromatic hydroxyl groups is 1. The number of hydrogen-bond acceptors (Lipinski definition) is 7. The first kappa shape index (κ1) is 26.5. The predicted molar refractivity (Wildman–Crippen MR) is 134 cm³/mol. The number of fused-ring (bicyclic) bond motifs is 4. The number of imide groups is 2. The van der Waals surface area contributed by atoms with Crippen molar-refractivity contribution in [1.82, 2.24) is 9.80 Å². The second-order valence-electron chi connectivity index (χ2n) is 10.2. The van der Waals surface area contributed by atoms with E-state index in [0.29, 0.717) is 11.3 Å². The molecule has 10 nitrogen and oxygen atoms in total. The monoisotopic (exact) mass is 564 g/mol. The summed E-state index contributed by atoms with van der Waals surface area (Å²) in [6, 6.07) is 4.44. The van der Waals surface area contributed by atoms with Gasteiger partial charge in [-0.15, -0.1) is 23.2 Å². The Morgan fingerprint density at radius 2 is 1.84 bits per heavy atom. The van der Waals surface area contributed by atoms with Crippen LogP contribution in [0.5, 0.6) is 11.5 Å². The average molecular weight is 565 g/mol. The van der Waals surface area contributed by atoms with Crippen LogP contribution < -0.4 is 4.74 Å². The molecule has 2 aliphatic heterocycles. The molecule has 6 atom stereocenters. The number of carboxylic acids is 1. The summed E-state index contributed by atoms with van der Waals surface area (Å²) in [5.74, 6) is -6.58. The van der Waals surface area contributed by atoms with E-state index in [-0.39, 0.29) is 43.5 Å². The number of amides is 4. The Labute approximate surface area is 228 Å². The van der Waals surface area contributed by atoms with Crippen LogP contribution in [0.15, 0.2) is 29.8 Å². The lowest BCUT2D eigenvalue weighted by molar-refractivity contribution is -0.142. The SMILES string of the molecule is COc1ccc(O)c([C@H]2C3=CC[C@@H]4C(=O)N(CCCC(=O)O)C(=O)[C@@H]4[C@@H]3C[C@@]3(Cl)C(=O)N(C)C(=O)[C@@]23Cl)c1. The summed E-state index contributed by atoms with van der Waals surface area (Å²) in [5.41, 5.74) is 0.761. The van der Waals surface area contributed by atoms with Crippen molar-refractivity contribution in [3.63, 3.8) is 0 Å². The average Bonchev–Trinajstić information content (AvgIpc) is 3.19. The van der Waals surface area contributed by atoms with Crippen LogP contribution in [0.25, 0.3) is 0 Å². The Kier molecular flexibility index (Phi) is 6.26. The third-order valence-electron chi connectivity index (χ3n) is 8.42. The van der Waals surface area contributed by atoms with Crippen molar-refractivity contribution in [3.05, 3.63) is 35.4 Å². The summed E-state index contributed by atoms with van der Waals surface area (Å²) in [4.78, 5) is 62.7. The number of carboxylic acid groups (broad SMARTS) is 1. The van der Waals surface area contributed by atoms with Gasteiger partial charge in [0.2, 0.25) is 11.8 Å². The number of halogens is 2. The number of methoxy groups -OCH3 is 1. The molecule has 2 heterocycles. The highest BCUT2D eigenvalue weighted by Gasteiger charge is 2.76. The van der Waals surface area contributed by atoms with Crippen molar-refractivity contribution in [1.29, 1.82) is 0 Å². The molecule has 1 saturated carbocycles. The van der Waals surface area contributed by atoms with Gasteiger partial charge in [0.15, 0.2) is 9.75 Å². The number of carbonyl (C=O) groups is 5. The smallest absolute Gasteiger partial charge is 0.303 e. The maximum Gasteiger partial charge on any atom is 0.303 e. The summed E-state index contributed by atoms with van der Waals surface area (Å²) >= 11 is 14.1. The largest absolute Gasteiger partial charge is 0.508 e. The summed E-state index contributed by atoms with van der Waals surface area (Å²) in [6.07, 6.45) is 1.69. The molecular weight excluding hydrogens is 539 g/mol. The van der Waals surface area contributed by atoms with Gasteiger partial charge in [0.05, 0.1) is 18.9 Å². The normalized spacial score (nSPS) is 34.2. The van der Waals surface area contributed by atoms with Crippen molar-refractivity contribution < 1.29 is 38.9 Å². The van der Waals surface area contributed by atoms with Gasteiger partial charge in [0.25, 0.3) is 11.8 Å².